The van der Waals surface area contributed by atoms with Crippen molar-refractivity contribution in [2.45, 2.75) is 44.8 Å². The summed E-state index contributed by atoms with van der Waals surface area (Å²) < 4.78 is 27.1. The summed E-state index contributed by atoms with van der Waals surface area (Å²) in [5.74, 6) is 3.62. The van der Waals surface area contributed by atoms with Crippen molar-refractivity contribution in [2.24, 2.45) is 0 Å². The second-order valence-electron chi connectivity index (χ2n) is 9.12. The Hall–Kier alpha value is -4.06. The Balaban J connectivity index is 1.22. The highest BCUT2D eigenvalue weighted by molar-refractivity contribution is 7.03. The average molecular weight is 520 g/mol. The molecule has 0 N–H and O–H groups in total. The molecule has 11 nitrogen and oxygen atoms in total. The van der Waals surface area contributed by atoms with Gasteiger partial charge in [0.05, 0.1) is 0 Å². The molecule has 3 aromatic heterocycles. The summed E-state index contributed by atoms with van der Waals surface area (Å²) in [5, 5.41) is 10.1. The van der Waals surface area contributed by atoms with Crippen LogP contribution in [0.3, 0.4) is 0 Å². The van der Waals surface area contributed by atoms with Crippen LogP contribution in [0.15, 0.2) is 53.0 Å². The van der Waals surface area contributed by atoms with Crippen molar-refractivity contribution in [1.82, 2.24) is 29.7 Å². The summed E-state index contributed by atoms with van der Waals surface area (Å²) in [5.41, 5.74) is 2.42. The van der Waals surface area contributed by atoms with E-state index >= 15 is 0 Å². The molecule has 0 bridgehead atoms. The van der Waals surface area contributed by atoms with Crippen LogP contribution in [0.2, 0.25) is 0 Å². The molecule has 37 heavy (non-hydrogen) atoms. The SMILES string of the molecule is CC(C)c1noc(C2CCN(c3ncnc(Oc4ccc(-c5csnn5)cc4)c3C3OC=CO3)CC2)n1. The fraction of sp³-hybridized carbons (Fsp3) is 0.360. The Morgan fingerprint density at radius 1 is 1.05 bits per heavy atom. The van der Waals surface area contributed by atoms with Crippen molar-refractivity contribution in [3.8, 4) is 22.9 Å². The van der Waals surface area contributed by atoms with Gasteiger partial charge < -0.3 is 23.6 Å². The molecule has 190 valence electrons. The summed E-state index contributed by atoms with van der Waals surface area (Å²) in [7, 11) is 0. The van der Waals surface area contributed by atoms with Crippen LogP contribution in [0.5, 0.6) is 11.6 Å². The van der Waals surface area contributed by atoms with Gasteiger partial charge >= 0.3 is 0 Å². The van der Waals surface area contributed by atoms with Crippen molar-refractivity contribution < 1.29 is 18.7 Å². The van der Waals surface area contributed by atoms with Gasteiger partial charge in [0, 0.05) is 35.9 Å². The zero-order chi connectivity index (χ0) is 25.2. The highest BCUT2D eigenvalue weighted by atomic mass is 32.1. The van der Waals surface area contributed by atoms with E-state index in [2.05, 4.69) is 48.4 Å². The van der Waals surface area contributed by atoms with Crippen LogP contribution in [0.4, 0.5) is 5.82 Å². The van der Waals surface area contributed by atoms with Gasteiger partial charge in [-0.05, 0) is 48.6 Å². The first kappa shape index (κ1) is 23.3. The summed E-state index contributed by atoms with van der Waals surface area (Å²) in [4.78, 5) is 15.8. The lowest BCUT2D eigenvalue weighted by Crippen LogP contribution is -2.34. The third-order valence-electron chi connectivity index (χ3n) is 6.36. The average Bonchev–Trinajstić information content (AvgIpc) is 3.72. The van der Waals surface area contributed by atoms with E-state index in [1.54, 1.807) is 0 Å². The van der Waals surface area contributed by atoms with Gasteiger partial charge in [0.1, 0.15) is 41.7 Å². The highest BCUT2D eigenvalue weighted by Gasteiger charge is 2.33. The predicted octanol–water partition coefficient (Wildman–Crippen LogP) is 5.19. The molecule has 0 atom stereocenters. The third-order valence-corrected chi connectivity index (χ3v) is 6.87. The molecule has 12 heteroatoms. The molecule has 0 aliphatic carbocycles. The van der Waals surface area contributed by atoms with Crippen LogP contribution in [0.1, 0.15) is 62.1 Å². The van der Waals surface area contributed by atoms with Crippen molar-refractivity contribution >= 4 is 17.4 Å². The number of benzene rings is 1. The molecule has 1 fully saturated rings. The molecule has 1 aromatic carbocycles. The molecular weight excluding hydrogens is 494 g/mol. The number of piperidine rings is 1. The van der Waals surface area contributed by atoms with Crippen LogP contribution in [-0.4, -0.2) is 42.8 Å². The smallest absolute Gasteiger partial charge is 0.275 e. The Kier molecular flexibility index (Phi) is 6.39. The molecule has 6 rings (SSSR count). The first-order valence-corrected chi connectivity index (χ1v) is 12.9. The number of aromatic nitrogens is 6. The van der Waals surface area contributed by atoms with E-state index in [1.807, 2.05) is 29.6 Å². The maximum Gasteiger partial charge on any atom is 0.275 e. The zero-order valence-electron chi connectivity index (χ0n) is 20.4. The fourth-order valence-corrected chi connectivity index (χ4v) is 4.83. The molecule has 0 radical (unpaired) electrons. The van der Waals surface area contributed by atoms with Crippen molar-refractivity contribution in [3.63, 3.8) is 0 Å². The lowest BCUT2D eigenvalue weighted by molar-refractivity contribution is -0.0261. The quantitative estimate of drug-likeness (QED) is 0.320. The van der Waals surface area contributed by atoms with Gasteiger partial charge in [-0.1, -0.05) is 23.5 Å². The third kappa shape index (κ3) is 4.84. The maximum atomic E-state index is 6.21. The topological polar surface area (TPSA) is 121 Å². The number of anilines is 1. The van der Waals surface area contributed by atoms with Crippen LogP contribution in [-0.2, 0) is 9.47 Å². The van der Waals surface area contributed by atoms with E-state index in [0.717, 1.165) is 48.8 Å². The van der Waals surface area contributed by atoms with E-state index < -0.39 is 6.29 Å². The van der Waals surface area contributed by atoms with Crippen LogP contribution in [0.25, 0.3) is 11.3 Å². The normalized spacial score (nSPS) is 16.2. The zero-order valence-corrected chi connectivity index (χ0v) is 21.2. The Morgan fingerprint density at radius 3 is 2.51 bits per heavy atom. The monoisotopic (exact) mass is 519 g/mol. The maximum absolute atomic E-state index is 6.21. The Labute approximate surface area is 217 Å². The lowest BCUT2D eigenvalue weighted by atomic mass is 9.96. The molecular formula is C25H25N7O4S. The number of hydrogen-bond acceptors (Lipinski definition) is 12. The van der Waals surface area contributed by atoms with Gasteiger partial charge in [-0.3, -0.25) is 0 Å². The second kappa shape index (κ2) is 10.1. The first-order chi connectivity index (χ1) is 18.2. The van der Waals surface area contributed by atoms with E-state index in [-0.39, 0.29) is 11.8 Å². The fourth-order valence-electron chi connectivity index (χ4n) is 4.37. The molecule has 2 aliphatic heterocycles. The lowest BCUT2D eigenvalue weighted by Gasteiger charge is -2.33. The molecule has 1 saturated heterocycles. The highest BCUT2D eigenvalue weighted by Crippen LogP contribution is 2.40. The minimum Gasteiger partial charge on any atom is -0.455 e. The van der Waals surface area contributed by atoms with Crippen molar-refractivity contribution in [2.75, 3.05) is 18.0 Å². The van der Waals surface area contributed by atoms with Crippen molar-refractivity contribution in [3.05, 3.63) is 65.8 Å². The van der Waals surface area contributed by atoms with E-state index in [4.69, 9.17) is 18.7 Å². The first-order valence-electron chi connectivity index (χ1n) is 12.1. The molecule has 0 spiro atoms. The van der Waals surface area contributed by atoms with Gasteiger partial charge in [0.25, 0.3) is 6.29 Å². The van der Waals surface area contributed by atoms with Crippen LogP contribution < -0.4 is 9.64 Å². The number of rotatable bonds is 7. The van der Waals surface area contributed by atoms with Crippen LogP contribution in [0, 0.1) is 0 Å². The van der Waals surface area contributed by atoms with Gasteiger partial charge in [0.2, 0.25) is 11.8 Å². The van der Waals surface area contributed by atoms with Gasteiger partial charge in [-0.2, -0.15) is 4.98 Å². The molecule has 0 saturated carbocycles. The largest absolute Gasteiger partial charge is 0.455 e. The summed E-state index contributed by atoms with van der Waals surface area (Å²) >= 11 is 1.31. The van der Waals surface area contributed by atoms with Crippen molar-refractivity contribution in [1.29, 1.82) is 0 Å². The van der Waals surface area contributed by atoms with Crippen LogP contribution >= 0.6 is 11.5 Å². The van der Waals surface area contributed by atoms with E-state index in [9.17, 15) is 0 Å². The van der Waals surface area contributed by atoms with Gasteiger partial charge in [0.15, 0.2) is 5.82 Å². The number of ether oxygens (including phenoxy) is 3. The number of nitrogens with zero attached hydrogens (tertiary/aromatic N) is 7. The molecule has 5 heterocycles. The molecule has 2 aliphatic rings. The molecule has 0 amide bonds. The second-order valence-corrected chi connectivity index (χ2v) is 9.73. The van der Waals surface area contributed by atoms with E-state index in [1.165, 1.54) is 30.4 Å². The van der Waals surface area contributed by atoms with E-state index in [0.29, 0.717) is 23.1 Å². The standard InChI is InChI=1S/C25H25N7O4S/c1-15(2)21-28-23(36-30-21)17-7-9-32(10-8-17)22-20(25-33-11-12-34-25)24(27-14-26-22)35-18-5-3-16(4-6-18)19-13-37-31-29-19/h3-6,11-15,17,25H,7-10H2,1-2H3. The summed E-state index contributed by atoms with van der Waals surface area (Å²) in [6, 6.07) is 7.61. The molecule has 4 aromatic rings. The summed E-state index contributed by atoms with van der Waals surface area (Å²) in [6.07, 6.45) is 5.54. The Morgan fingerprint density at radius 2 is 1.84 bits per heavy atom. The summed E-state index contributed by atoms with van der Waals surface area (Å²) in [6.45, 7) is 5.62. The minimum absolute atomic E-state index is 0.212. The molecule has 0 unspecified atom stereocenters. The van der Waals surface area contributed by atoms with Gasteiger partial charge in [-0.15, -0.1) is 5.10 Å². The van der Waals surface area contributed by atoms with Gasteiger partial charge in [-0.25, -0.2) is 9.97 Å². The Bertz CT molecular complexity index is 1360. The number of hydrogen-bond donors (Lipinski definition) is 0. The minimum atomic E-state index is -0.700. The predicted molar refractivity (Wildman–Crippen MR) is 134 cm³/mol.